The Bertz CT molecular complexity index is 2020. The van der Waals surface area contributed by atoms with Gasteiger partial charge in [-0.2, -0.15) is 0 Å². The van der Waals surface area contributed by atoms with Crippen LogP contribution in [0.1, 0.15) is 114 Å². The number of carbonyl (C=O) groups is 11. The molecule has 0 heterocycles. The molecular formula is C48H66N6O15. The highest BCUT2D eigenvalue weighted by Crippen LogP contribution is 2.17. The van der Waals surface area contributed by atoms with Gasteiger partial charge in [0.2, 0.25) is 17.7 Å². The third-order valence-corrected chi connectivity index (χ3v) is 11.0. The van der Waals surface area contributed by atoms with E-state index in [-0.39, 0.29) is 88.3 Å². The van der Waals surface area contributed by atoms with Crippen LogP contribution in [-0.4, -0.2) is 118 Å². The molecule has 0 aliphatic carbocycles. The number of unbranched alkanes of at least 4 members (excludes halogenated alkanes) is 5. The fraction of sp³-hybridized carbons (Fsp3) is 0.521. The van der Waals surface area contributed by atoms with Crippen molar-refractivity contribution in [2.75, 3.05) is 6.54 Å². The van der Waals surface area contributed by atoms with E-state index in [2.05, 4.69) is 31.3 Å². The second-order valence-corrected chi connectivity index (χ2v) is 16.6. The number of hydrogen-bond acceptors (Lipinski definition) is 13. The third kappa shape index (κ3) is 25.1. The van der Waals surface area contributed by atoms with Gasteiger partial charge in [-0.1, -0.05) is 93.3 Å². The quantitative estimate of drug-likeness (QED) is 0.0267. The summed E-state index contributed by atoms with van der Waals surface area (Å²) in [6.07, 6.45) is 1.45. The van der Waals surface area contributed by atoms with Crippen molar-refractivity contribution < 1.29 is 72.8 Å². The SMILES string of the molecule is CCC(=O)[C@H](CC(=O)O)NC(=O)[C@@H](N)CNC(=O)[C@@H](CC(=O)[C@H](Cc1ccccc1)NC(=O)CCCCCCCCC(=O)CC[C@H](NC(=O)N[C@@H](CCC(=O)O)OC=O)C(=O)O)Cc1ccccc1. The number of nitrogens with one attached hydrogen (secondary N) is 5. The van der Waals surface area contributed by atoms with Crippen molar-refractivity contribution in [1.29, 1.82) is 0 Å². The molecule has 10 N–H and O–H groups in total. The maximum Gasteiger partial charge on any atom is 0.326 e. The Morgan fingerprint density at radius 1 is 0.609 bits per heavy atom. The summed E-state index contributed by atoms with van der Waals surface area (Å²) in [5, 5.41) is 39.7. The van der Waals surface area contributed by atoms with Crippen LogP contribution in [-0.2, 0) is 65.5 Å². The van der Waals surface area contributed by atoms with E-state index in [0.29, 0.717) is 25.7 Å². The summed E-state index contributed by atoms with van der Waals surface area (Å²) in [5.41, 5.74) is 7.57. The van der Waals surface area contributed by atoms with Gasteiger partial charge in [0.05, 0.1) is 24.9 Å². The number of carbonyl (C=O) groups excluding carboxylic acids is 8. The number of urea groups is 1. The molecule has 0 aliphatic rings. The molecule has 0 fully saturated rings. The molecular weight excluding hydrogens is 901 g/mol. The highest BCUT2D eigenvalue weighted by atomic mass is 16.5. The minimum Gasteiger partial charge on any atom is -0.481 e. The molecule has 6 atom stereocenters. The van der Waals surface area contributed by atoms with Crippen LogP contribution >= 0.6 is 0 Å². The maximum absolute atomic E-state index is 14.0. The molecule has 2 aromatic rings. The standard InChI is InChI=1S/C48H66N6O15/c1-2-39(57)38(28-44(62)63)52-46(65)35(49)29-50-45(64)33(25-31-15-9-7-10-16-31)27-40(58)37(26-32-17-11-8-12-18-32)51-41(59)20-14-6-4-3-5-13-19-34(56)21-22-36(47(66)67)53-48(68)54-42(69-30-55)23-24-43(60)61/h7-12,15-18,30,33,35-38,42H,2-6,13-14,19-29,49H2,1H3,(H,50,64)(H,51,59)(H,52,65)(H,60,61)(H,62,63)(H,66,67)(H2,53,54,68)/t33-,35+,36+,37+,38+,42-/m1/s1. The molecule has 21 heteroatoms. The van der Waals surface area contributed by atoms with Crippen molar-refractivity contribution in [3.8, 4) is 0 Å². The Kier molecular flexibility index (Phi) is 27.5. The Labute approximate surface area is 400 Å². The van der Waals surface area contributed by atoms with E-state index in [0.717, 1.165) is 24.0 Å². The summed E-state index contributed by atoms with van der Waals surface area (Å²) in [6.45, 7) is 1.18. The van der Waals surface area contributed by atoms with E-state index in [1.807, 2.05) is 18.2 Å². The molecule has 0 saturated carbocycles. The average molecular weight is 967 g/mol. The molecule has 0 bridgehead atoms. The predicted molar refractivity (Wildman–Crippen MR) is 248 cm³/mol. The highest BCUT2D eigenvalue weighted by Gasteiger charge is 2.30. The van der Waals surface area contributed by atoms with Gasteiger partial charge in [-0.15, -0.1) is 0 Å². The molecule has 5 amide bonds. The zero-order chi connectivity index (χ0) is 51.1. The normalized spacial score (nSPS) is 13.4. The summed E-state index contributed by atoms with van der Waals surface area (Å²) in [6, 6.07) is 12.0. The Hall–Kier alpha value is -7.03. The number of Topliss-reactive ketones (excluding diaryl/α,β-unsaturated/α-hetero) is 3. The zero-order valence-corrected chi connectivity index (χ0v) is 38.9. The fourth-order valence-corrected chi connectivity index (χ4v) is 7.14. The molecule has 0 aromatic heterocycles. The van der Waals surface area contributed by atoms with E-state index in [1.54, 1.807) is 42.5 Å². The molecule has 0 aliphatic heterocycles. The lowest BCUT2D eigenvalue weighted by Crippen LogP contribution is -2.53. The molecule has 0 radical (unpaired) electrons. The number of rotatable bonds is 37. The van der Waals surface area contributed by atoms with Crippen molar-refractivity contribution in [2.24, 2.45) is 11.7 Å². The van der Waals surface area contributed by atoms with Crippen LogP contribution in [0.3, 0.4) is 0 Å². The van der Waals surface area contributed by atoms with Crippen molar-refractivity contribution in [3.63, 3.8) is 0 Å². The minimum absolute atomic E-state index is 0.0121. The number of benzene rings is 2. The van der Waals surface area contributed by atoms with Crippen LogP contribution in [0.15, 0.2) is 60.7 Å². The van der Waals surface area contributed by atoms with Crippen LogP contribution in [0, 0.1) is 5.92 Å². The average Bonchev–Trinajstić information content (AvgIpc) is 3.31. The topological polar surface area (TPSA) is 344 Å². The largest absolute Gasteiger partial charge is 0.481 e. The smallest absolute Gasteiger partial charge is 0.326 e. The summed E-state index contributed by atoms with van der Waals surface area (Å²) in [5.74, 6) is -7.64. The van der Waals surface area contributed by atoms with Crippen LogP contribution < -0.4 is 32.3 Å². The number of ketones is 3. The molecule has 2 rings (SSSR count). The van der Waals surface area contributed by atoms with E-state index < -0.39 is 90.7 Å². The van der Waals surface area contributed by atoms with E-state index in [4.69, 9.17) is 10.8 Å². The maximum atomic E-state index is 14.0. The summed E-state index contributed by atoms with van der Waals surface area (Å²) >= 11 is 0. The van der Waals surface area contributed by atoms with E-state index >= 15 is 0 Å². The van der Waals surface area contributed by atoms with Crippen LogP contribution in [0.25, 0.3) is 0 Å². The number of ether oxygens (including phenoxy) is 1. The molecule has 0 saturated heterocycles. The molecule has 21 nitrogen and oxygen atoms in total. The first-order valence-corrected chi connectivity index (χ1v) is 23.0. The molecule has 0 spiro atoms. The van der Waals surface area contributed by atoms with Gasteiger partial charge in [0.25, 0.3) is 6.47 Å². The summed E-state index contributed by atoms with van der Waals surface area (Å²) in [4.78, 5) is 135. The Morgan fingerprint density at radius 2 is 1.20 bits per heavy atom. The summed E-state index contributed by atoms with van der Waals surface area (Å²) < 4.78 is 4.62. The lowest BCUT2D eigenvalue weighted by molar-refractivity contribution is -0.141. The van der Waals surface area contributed by atoms with Gasteiger partial charge in [-0.25, -0.2) is 9.59 Å². The van der Waals surface area contributed by atoms with E-state index in [1.165, 1.54) is 6.92 Å². The number of carboxylic acid groups (broad SMARTS) is 3. The van der Waals surface area contributed by atoms with Crippen molar-refractivity contribution in [2.45, 2.75) is 146 Å². The van der Waals surface area contributed by atoms with Gasteiger partial charge in [-0.05, 0) is 43.2 Å². The van der Waals surface area contributed by atoms with Crippen molar-refractivity contribution >= 4 is 65.5 Å². The first kappa shape index (κ1) is 58.1. The highest BCUT2D eigenvalue weighted by molar-refractivity contribution is 5.94. The van der Waals surface area contributed by atoms with Gasteiger partial charge >= 0.3 is 23.9 Å². The number of carboxylic acids is 3. The predicted octanol–water partition coefficient (Wildman–Crippen LogP) is 2.50. The molecule has 2 aromatic carbocycles. The van der Waals surface area contributed by atoms with Crippen LogP contribution in [0.5, 0.6) is 0 Å². The van der Waals surface area contributed by atoms with Crippen molar-refractivity contribution in [3.05, 3.63) is 71.8 Å². The molecule has 69 heavy (non-hydrogen) atoms. The first-order chi connectivity index (χ1) is 32.9. The number of nitrogens with two attached hydrogens (primary N) is 1. The minimum atomic E-state index is -1.43. The van der Waals surface area contributed by atoms with Gasteiger partial charge in [0.15, 0.2) is 17.8 Å². The number of amides is 5. The van der Waals surface area contributed by atoms with Crippen LogP contribution in [0.2, 0.25) is 0 Å². The van der Waals surface area contributed by atoms with Crippen LogP contribution in [0.4, 0.5) is 4.79 Å². The molecule has 0 unspecified atom stereocenters. The number of aliphatic carboxylic acids is 3. The Balaban J connectivity index is 1.90. The third-order valence-electron chi connectivity index (χ3n) is 11.0. The lowest BCUT2D eigenvalue weighted by Gasteiger charge is -2.23. The molecule has 378 valence electrons. The van der Waals surface area contributed by atoms with E-state index in [9.17, 15) is 63.0 Å². The van der Waals surface area contributed by atoms with Crippen molar-refractivity contribution in [1.82, 2.24) is 26.6 Å². The second kappa shape index (κ2) is 32.6. The van der Waals surface area contributed by atoms with Gasteiger partial charge < -0.3 is 52.4 Å². The monoisotopic (exact) mass is 966 g/mol. The number of hydrogen-bond donors (Lipinski definition) is 9. The fourth-order valence-electron chi connectivity index (χ4n) is 7.14. The van der Waals surface area contributed by atoms with Gasteiger partial charge in [0.1, 0.15) is 17.9 Å². The lowest BCUT2D eigenvalue weighted by atomic mass is 9.89. The van der Waals surface area contributed by atoms with Gasteiger partial charge in [-0.3, -0.25) is 43.2 Å². The van der Waals surface area contributed by atoms with Gasteiger partial charge in [0, 0.05) is 51.0 Å². The first-order valence-electron chi connectivity index (χ1n) is 23.0. The summed E-state index contributed by atoms with van der Waals surface area (Å²) in [7, 11) is 0. The second-order valence-electron chi connectivity index (χ2n) is 16.6. The zero-order valence-electron chi connectivity index (χ0n) is 38.9. The Morgan fingerprint density at radius 3 is 1.77 bits per heavy atom.